The number of sulfonamides is 1. The van der Waals surface area contributed by atoms with Crippen molar-refractivity contribution in [3.8, 4) is 22.6 Å². The van der Waals surface area contributed by atoms with E-state index in [1.54, 1.807) is 6.07 Å². The first-order valence-electron chi connectivity index (χ1n) is 12.1. The second-order valence-electron chi connectivity index (χ2n) is 8.82. The van der Waals surface area contributed by atoms with Gasteiger partial charge in [0, 0.05) is 24.7 Å². The number of morpholine rings is 1. The number of nitrogens with zero attached hydrogens (tertiary/aromatic N) is 1. The van der Waals surface area contributed by atoms with E-state index in [2.05, 4.69) is 9.62 Å². The number of phenols is 2. The minimum absolute atomic E-state index is 0.0311. The molecule has 1 fully saturated rings. The molecule has 1 saturated heterocycles. The number of hydrogen-bond acceptors (Lipinski definition) is 8. The van der Waals surface area contributed by atoms with Gasteiger partial charge in [0.05, 0.1) is 30.4 Å². The zero-order valence-electron chi connectivity index (χ0n) is 20.6. The highest BCUT2D eigenvalue weighted by Gasteiger charge is 2.19. The Morgan fingerprint density at radius 3 is 2.55 bits per heavy atom. The number of carbonyl (C=O) groups is 1. The zero-order chi connectivity index (χ0) is 27.1. The molecule has 0 saturated carbocycles. The van der Waals surface area contributed by atoms with Crippen LogP contribution in [0.2, 0.25) is 0 Å². The molecule has 3 aromatic rings. The first kappa shape index (κ1) is 27.4. The summed E-state index contributed by atoms with van der Waals surface area (Å²) in [6, 6.07) is 12.8. The van der Waals surface area contributed by atoms with Crippen LogP contribution in [0.5, 0.6) is 11.5 Å². The highest BCUT2D eigenvalue weighted by Crippen LogP contribution is 2.32. The van der Waals surface area contributed by atoms with Gasteiger partial charge in [-0.1, -0.05) is 12.1 Å². The van der Waals surface area contributed by atoms with Gasteiger partial charge in [-0.3, -0.25) is 9.62 Å². The highest BCUT2D eigenvalue weighted by atomic mass is 32.2. The molecule has 4 rings (SSSR count). The van der Waals surface area contributed by atoms with E-state index in [4.69, 9.17) is 9.47 Å². The van der Waals surface area contributed by atoms with E-state index in [1.165, 1.54) is 36.4 Å². The summed E-state index contributed by atoms with van der Waals surface area (Å²) in [5.74, 6) is -1.91. The molecule has 11 heteroatoms. The van der Waals surface area contributed by atoms with Crippen molar-refractivity contribution >= 4 is 21.7 Å². The molecule has 38 heavy (non-hydrogen) atoms. The number of phenolic OH excluding ortho intramolecular Hbond substituents is 2. The molecule has 3 aromatic carbocycles. The number of rotatable bonds is 10. The molecule has 3 N–H and O–H groups in total. The van der Waals surface area contributed by atoms with Gasteiger partial charge < -0.3 is 19.7 Å². The number of ether oxygens (including phenoxy) is 2. The first-order chi connectivity index (χ1) is 18.2. The number of unbranched alkanes of at least 4 members (excludes halogenated alkanes) is 1. The Balaban J connectivity index is 1.36. The van der Waals surface area contributed by atoms with Crippen LogP contribution < -0.4 is 4.72 Å². The molecule has 1 aliphatic heterocycles. The molecule has 0 radical (unpaired) electrons. The molecule has 1 aliphatic rings. The van der Waals surface area contributed by atoms with Gasteiger partial charge in [0.1, 0.15) is 22.9 Å². The number of halogens is 1. The molecule has 0 aromatic heterocycles. The predicted molar refractivity (Wildman–Crippen MR) is 139 cm³/mol. The average Bonchev–Trinajstić information content (AvgIpc) is 2.90. The van der Waals surface area contributed by atoms with E-state index < -0.39 is 27.6 Å². The summed E-state index contributed by atoms with van der Waals surface area (Å²) in [5.41, 5.74) is 0.396. The quantitative estimate of drug-likeness (QED) is 0.259. The van der Waals surface area contributed by atoms with Crippen molar-refractivity contribution < 1.29 is 37.3 Å². The van der Waals surface area contributed by atoms with Gasteiger partial charge in [-0.25, -0.2) is 17.6 Å². The van der Waals surface area contributed by atoms with Crippen molar-refractivity contribution in [3.05, 3.63) is 72.0 Å². The predicted octanol–water partition coefficient (Wildman–Crippen LogP) is 3.97. The SMILES string of the molecule is O=C(OCCCCN1CCOCC1)c1ccc(NS(=O)(=O)c2cccc(-c3cc(F)ccc3O)c2)cc1O. The molecule has 0 atom stereocenters. The third-order valence-electron chi connectivity index (χ3n) is 6.09. The largest absolute Gasteiger partial charge is 0.507 e. The number of nitrogens with one attached hydrogen (secondary N) is 1. The standard InChI is InChI=1S/C27H29FN2O7S/c28-20-6-9-25(31)24(17-20)19-4-3-5-22(16-19)38(34,35)29-21-7-8-23(26(32)18-21)27(33)37-13-2-1-10-30-11-14-36-15-12-30/h3-9,16-18,29,31-32H,1-2,10-15H2. The molecule has 0 aliphatic carbocycles. The summed E-state index contributed by atoms with van der Waals surface area (Å²) in [6.45, 7) is 4.34. The van der Waals surface area contributed by atoms with Crippen LogP contribution in [-0.2, 0) is 19.5 Å². The van der Waals surface area contributed by atoms with Crippen molar-refractivity contribution in [2.75, 3.05) is 44.2 Å². The van der Waals surface area contributed by atoms with Gasteiger partial charge in [0.15, 0.2) is 0 Å². The van der Waals surface area contributed by atoms with Crippen LogP contribution in [0.3, 0.4) is 0 Å². The molecular formula is C27H29FN2O7S. The molecule has 0 amide bonds. The topological polar surface area (TPSA) is 125 Å². The van der Waals surface area contributed by atoms with E-state index in [0.29, 0.717) is 12.0 Å². The summed E-state index contributed by atoms with van der Waals surface area (Å²) in [7, 11) is -4.11. The molecule has 1 heterocycles. The summed E-state index contributed by atoms with van der Waals surface area (Å²) < 4.78 is 52.5. The lowest BCUT2D eigenvalue weighted by Gasteiger charge is -2.26. The van der Waals surface area contributed by atoms with Crippen LogP contribution in [0.15, 0.2) is 65.6 Å². The molecule has 202 valence electrons. The number of aromatic hydroxyl groups is 2. The Labute approximate surface area is 220 Å². The van der Waals surface area contributed by atoms with E-state index in [0.717, 1.165) is 57.5 Å². The van der Waals surface area contributed by atoms with Gasteiger partial charge in [-0.15, -0.1) is 0 Å². The Hall–Kier alpha value is -3.67. The normalized spacial score (nSPS) is 14.2. The lowest BCUT2D eigenvalue weighted by atomic mass is 10.0. The van der Waals surface area contributed by atoms with Gasteiger partial charge in [0.2, 0.25) is 0 Å². The zero-order valence-corrected chi connectivity index (χ0v) is 21.4. The molecule has 0 bridgehead atoms. The summed E-state index contributed by atoms with van der Waals surface area (Å²) in [5, 5.41) is 20.4. The highest BCUT2D eigenvalue weighted by molar-refractivity contribution is 7.92. The van der Waals surface area contributed by atoms with E-state index in [-0.39, 0.29) is 34.1 Å². The second-order valence-corrected chi connectivity index (χ2v) is 10.5. The third kappa shape index (κ3) is 7.00. The van der Waals surface area contributed by atoms with Crippen LogP contribution in [0, 0.1) is 5.82 Å². The first-order valence-corrected chi connectivity index (χ1v) is 13.6. The van der Waals surface area contributed by atoms with Crippen molar-refractivity contribution in [3.63, 3.8) is 0 Å². The van der Waals surface area contributed by atoms with Gasteiger partial charge in [-0.2, -0.15) is 0 Å². The Kier molecular flexibility index (Phi) is 8.82. The molecule has 9 nitrogen and oxygen atoms in total. The maximum atomic E-state index is 13.7. The maximum Gasteiger partial charge on any atom is 0.341 e. The van der Waals surface area contributed by atoms with Crippen molar-refractivity contribution in [1.29, 1.82) is 0 Å². The second kappa shape index (κ2) is 12.2. The molecule has 0 spiro atoms. The fourth-order valence-corrected chi connectivity index (χ4v) is 5.15. The van der Waals surface area contributed by atoms with E-state index in [9.17, 15) is 27.8 Å². The number of esters is 1. The fourth-order valence-electron chi connectivity index (χ4n) is 4.06. The maximum absolute atomic E-state index is 13.7. The minimum Gasteiger partial charge on any atom is -0.507 e. The minimum atomic E-state index is -4.11. The average molecular weight is 545 g/mol. The molecular weight excluding hydrogens is 515 g/mol. The van der Waals surface area contributed by atoms with Crippen molar-refractivity contribution in [2.24, 2.45) is 0 Å². The van der Waals surface area contributed by atoms with E-state index >= 15 is 0 Å². The Bertz CT molecular complexity index is 1390. The van der Waals surface area contributed by atoms with Crippen molar-refractivity contribution in [1.82, 2.24) is 4.90 Å². The number of anilines is 1. The van der Waals surface area contributed by atoms with Crippen LogP contribution in [-0.4, -0.2) is 69.0 Å². The smallest absolute Gasteiger partial charge is 0.341 e. The lowest BCUT2D eigenvalue weighted by molar-refractivity contribution is 0.0348. The lowest BCUT2D eigenvalue weighted by Crippen LogP contribution is -2.36. The van der Waals surface area contributed by atoms with Gasteiger partial charge >= 0.3 is 5.97 Å². The Morgan fingerprint density at radius 2 is 1.79 bits per heavy atom. The molecule has 0 unspecified atom stereocenters. The summed E-state index contributed by atoms with van der Waals surface area (Å²) in [4.78, 5) is 14.5. The van der Waals surface area contributed by atoms with E-state index in [1.807, 2.05) is 0 Å². The summed E-state index contributed by atoms with van der Waals surface area (Å²) in [6.07, 6.45) is 1.54. The summed E-state index contributed by atoms with van der Waals surface area (Å²) >= 11 is 0. The van der Waals surface area contributed by atoms with Gasteiger partial charge in [0.25, 0.3) is 10.0 Å². The number of carbonyl (C=O) groups excluding carboxylic acids is 1. The Morgan fingerprint density at radius 1 is 1.00 bits per heavy atom. The van der Waals surface area contributed by atoms with Crippen molar-refractivity contribution in [2.45, 2.75) is 17.7 Å². The van der Waals surface area contributed by atoms with Crippen LogP contribution in [0.1, 0.15) is 23.2 Å². The van der Waals surface area contributed by atoms with Crippen LogP contribution in [0.25, 0.3) is 11.1 Å². The third-order valence-corrected chi connectivity index (χ3v) is 7.47. The number of hydrogen-bond donors (Lipinski definition) is 3. The van der Waals surface area contributed by atoms with Crippen LogP contribution >= 0.6 is 0 Å². The number of benzene rings is 3. The fraction of sp³-hybridized carbons (Fsp3) is 0.296. The van der Waals surface area contributed by atoms with Gasteiger partial charge in [-0.05, 0) is 67.4 Å². The van der Waals surface area contributed by atoms with Crippen LogP contribution in [0.4, 0.5) is 10.1 Å². The monoisotopic (exact) mass is 544 g/mol.